The van der Waals surface area contributed by atoms with E-state index in [1.807, 2.05) is 12.1 Å². The third-order valence-corrected chi connectivity index (χ3v) is 4.30. The second kappa shape index (κ2) is 6.60. The van der Waals surface area contributed by atoms with E-state index >= 15 is 0 Å². The quantitative estimate of drug-likeness (QED) is 0.867. The zero-order valence-electron chi connectivity index (χ0n) is 12.4. The molecule has 3 rings (SSSR count). The van der Waals surface area contributed by atoms with Gasteiger partial charge in [0.1, 0.15) is 0 Å². The largest absolute Gasteiger partial charge is 0.353 e. The molecule has 0 N–H and O–H groups in total. The minimum Gasteiger partial charge on any atom is -0.353 e. The van der Waals surface area contributed by atoms with E-state index in [1.54, 1.807) is 6.20 Å². The number of rotatable bonds is 4. The van der Waals surface area contributed by atoms with Gasteiger partial charge >= 0.3 is 0 Å². The highest BCUT2D eigenvalue weighted by Crippen LogP contribution is 2.12. The van der Waals surface area contributed by atoms with Crippen molar-refractivity contribution in [3.05, 3.63) is 53.1 Å². The number of aromatic nitrogens is 2. The molecule has 112 valence electrons. The Balaban J connectivity index is 1.49. The van der Waals surface area contributed by atoms with Crippen molar-refractivity contribution in [1.29, 1.82) is 0 Å². The minimum atomic E-state index is 0.700. The van der Waals surface area contributed by atoms with Gasteiger partial charge < -0.3 is 4.57 Å². The van der Waals surface area contributed by atoms with E-state index in [9.17, 15) is 0 Å². The maximum atomic E-state index is 5.87. The smallest absolute Gasteiger partial charge is 0.0589 e. The van der Waals surface area contributed by atoms with Crippen LogP contribution in [-0.2, 0) is 20.1 Å². The normalized spacial score (nSPS) is 17.2. The molecule has 1 aliphatic rings. The van der Waals surface area contributed by atoms with E-state index in [0.717, 1.165) is 45.0 Å². The van der Waals surface area contributed by atoms with Gasteiger partial charge in [-0.2, -0.15) is 0 Å². The first kappa shape index (κ1) is 14.6. The summed E-state index contributed by atoms with van der Waals surface area (Å²) in [4.78, 5) is 9.34. The molecular weight excluding hydrogens is 284 g/mol. The van der Waals surface area contributed by atoms with Gasteiger partial charge in [0.25, 0.3) is 0 Å². The maximum Gasteiger partial charge on any atom is 0.0589 e. The molecule has 1 fully saturated rings. The van der Waals surface area contributed by atoms with Gasteiger partial charge in [-0.15, -0.1) is 0 Å². The molecule has 0 bridgehead atoms. The van der Waals surface area contributed by atoms with E-state index in [-0.39, 0.29) is 0 Å². The monoisotopic (exact) mass is 304 g/mol. The number of pyridine rings is 1. The molecule has 0 aliphatic carbocycles. The van der Waals surface area contributed by atoms with Crippen molar-refractivity contribution in [2.24, 2.45) is 7.05 Å². The average molecular weight is 305 g/mol. The van der Waals surface area contributed by atoms with Gasteiger partial charge in [-0.1, -0.05) is 11.6 Å². The molecule has 21 heavy (non-hydrogen) atoms. The van der Waals surface area contributed by atoms with E-state index in [2.05, 4.69) is 44.7 Å². The first-order valence-corrected chi connectivity index (χ1v) is 7.74. The predicted molar refractivity (Wildman–Crippen MR) is 85.2 cm³/mol. The summed E-state index contributed by atoms with van der Waals surface area (Å²) in [6.45, 7) is 6.35. The number of piperazine rings is 1. The Labute approximate surface area is 130 Å². The van der Waals surface area contributed by atoms with Gasteiger partial charge in [0.15, 0.2) is 0 Å². The number of hydrogen-bond acceptors (Lipinski definition) is 3. The van der Waals surface area contributed by atoms with Gasteiger partial charge in [0, 0.05) is 64.4 Å². The Morgan fingerprint density at radius 3 is 2.33 bits per heavy atom. The van der Waals surface area contributed by atoms with Gasteiger partial charge in [-0.3, -0.25) is 14.8 Å². The van der Waals surface area contributed by atoms with Crippen LogP contribution in [0.2, 0.25) is 5.02 Å². The molecule has 2 aromatic rings. The van der Waals surface area contributed by atoms with E-state index in [1.165, 1.54) is 5.69 Å². The van der Waals surface area contributed by atoms with Crippen LogP contribution in [0.1, 0.15) is 11.4 Å². The first-order valence-electron chi connectivity index (χ1n) is 7.36. The number of aryl methyl sites for hydroxylation is 1. The Bertz CT molecular complexity index is 570. The Hall–Kier alpha value is -1.36. The summed E-state index contributed by atoms with van der Waals surface area (Å²) >= 11 is 5.87. The van der Waals surface area contributed by atoms with Crippen LogP contribution in [0.4, 0.5) is 0 Å². The Morgan fingerprint density at radius 1 is 1.05 bits per heavy atom. The van der Waals surface area contributed by atoms with Crippen LogP contribution in [0.15, 0.2) is 36.7 Å². The van der Waals surface area contributed by atoms with Crippen molar-refractivity contribution in [3.8, 4) is 0 Å². The lowest BCUT2D eigenvalue weighted by molar-refractivity contribution is 0.119. The van der Waals surface area contributed by atoms with Crippen LogP contribution >= 0.6 is 11.6 Å². The van der Waals surface area contributed by atoms with Crippen molar-refractivity contribution >= 4 is 11.6 Å². The molecule has 0 radical (unpaired) electrons. The summed E-state index contributed by atoms with van der Waals surface area (Å²) in [5.74, 6) is 0. The van der Waals surface area contributed by atoms with Gasteiger partial charge in [-0.25, -0.2) is 0 Å². The molecule has 0 amide bonds. The molecule has 0 unspecified atom stereocenters. The fourth-order valence-electron chi connectivity index (χ4n) is 2.72. The first-order chi connectivity index (χ1) is 10.2. The lowest BCUT2D eigenvalue weighted by atomic mass is 10.2. The fourth-order valence-corrected chi connectivity index (χ4v) is 2.84. The summed E-state index contributed by atoms with van der Waals surface area (Å²) < 4.78 is 2.20. The Kier molecular flexibility index (Phi) is 4.58. The molecule has 1 aliphatic heterocycles. The molecule has 0 aromatic carbocycles. The zero-order valence-corrected chi connectivity index (χ0v) is 13.1. The molecule has 5 heteroatoms. The second-order valence-corrected chi connectivity index (χ2v) is 6.07. The zero-order chi connectivity index (χ0) is 14.7. The predicted octanol–water partition coefficient (Wildman–Crippen LogP) is 2.39. The fraction of sp³-hybridized carbons (Fsp3) is 0.438. The standard InChI is InChI=1S/C16H21ClN4/c1-19-6-2-3-16(19)13-21-9-7-20(8-10-21)12-15-5-4-14(17)11-18-15/h2-6,11H,7-10,12-13H2,1H3. The topological polar surface area (TPSA) is 24.3 Å². The third-order valence-electron chi connectivity index (χ3n) is 4.08. The molecule has 0 atom stereocenters. The van der Waals surface area contributed by atoms with Gasteiger partial charge in [0.05, 0.1) is 10.7 Å². The summed E-state index contributed by atoms with van der Waals surface area (Å²) in [6, 6.07) is 8.23. The van der Waals surface area contributed by atoms with Crippen LogP contribution in [0.25, 0.3) is 0 Å². The highest BCUT2D eigenvalue weighted by atomic mass is 35.5. The number of nitrogens with zero attached hydrogens (tertiary/aromatic N) is 4. The maximum absolute atomic E-state index is 5.87. The van der Waals surface area contributed by atoms with Crippen LogP contribution in [0.5, 0.6) is 0 Å². The lowest BCUT2D eigenvalue weighted by Gasteiger charge is -2.34. The molecule has 3 heterocycles. The van der Waals surface area contributed by atoms with Gasteiger partial charge in [0.2, 0.25) is 0 Å². The van der Waals surface area contributed by atoms with E-state index in [0.29, 0.717) is 5.02 Å². The van der Waals surface area contributed by atoms with Crippen molar-refractivity contribution in [1.82, 2.24) is 19.4 Å². The van der Waals surface area contributed by atoms with Gasteiger partial charge in [-0.05, 0) is 24.3 Å². The lowest BCUT2D eigenvalue weighted by Crippen LogP contribution is -2.45. The van der Waals surface area contributed by atoms with Crippen molar-refractivity contribution in [2.45, 2.75) is 13.1 Å². The van der Waals surface area contributed by atoms with E-state index in [4.69, 9.17) is 11.6 Å². The highest BCUT2D eigenvalue weighted by Gasteiger charge is 2.18. The second-order valence-electron chi connectivity index (χ2n) is 5.63. The van der Waals surface area contributed by atoms with Crippen molar-refractivity contribution in [2.75, 3.05) is 26.2 Å². The van der Waals surface area contributed by atoms with Crippen LogP contribution < -0.4 is 0 Å². The molecule has 2 aromatic heterocycles. The molecule has 1 saturated heterocycles. The summed E-state index contributed by atoms with van der Waals surface area (Å²) in [5, 5.41) is 0.700. The summed E-state index contributed by atoms with van der Waals surface area (Å²) in [5.41, 5.74) is 2.47. The SMILES string of the molecule is Cn1cccc1CN1CCN(Cc2ccc(Cl)cn2)CC1. The van der Waals surface area contributed by atoms with Crippen molar-refractivity contribution < 1.29 is 0 Å². The van der Waals surface area contributed by atoms with Crippen LogP contribution in [0, 0.1) is 0 Å². The minimum absolute atomic E-state index is 0.700. The molecule has 4 nitrogen and oxygen atoms in total. The Morgan fingerprint density at radius 2 is 1.76 bits per heavy atom. The van der Waals surface area contributed by atoms with E-state index < -0.39 is 0 Å². The van der Waals surface area contributed by atoms with Crippen LogP contribution in [0.3, 0.4) is 0 Å². The molecular formula is C16H21ClN4. The number of hydrogen-bond donors (Lipinski definition) is 0. The molecule has 0 spiro atoms. The summed E-state index contributed by atoms with van der Waals surface area (Å²) in [6.07, 6.45) is 3.83. The van der Waals surface area contributed by atoms with Crippen LogP contribution in [-0.4, -0.2) is 45.5 Å². The van der Waals surface area contributed by atoms with Crippen molar-refractivity contribution in [3.63, 3.8) is 0 Å². The average Bonchev–Trinajstić information content (AvgIpc) is 2.89. The molecule has 0 saturated carbocycles. The highest BCUT2D eigenvalue weighted by molar-refractivity contribution is 6.30. The third kappa shape index (κ3) is 3.84. The summed E-state index contributed by atoms with van der Waals surface area (Å²) in [7, 11) is 2.11. The number of halogens is 1.